The second-order valence-corrected chi connectivity index (χ2v) is 7.27. The molecule has 6 heteroatoms. The average Bonchev–Trinajstić information content (AvgIpc) is 3.25. The van der Waals surface area contributed by atoms with Crippen LogP contribution in [0.25, 0.3) is 0 Å². The highest BCUT2D eigenvalue weighted by Crippen LogP contribution is 2.22. The summed E-state index contributed by atoms with van der Waals surface area (Å²) in [6.07, 6.45) is 1.23. The number of benzene rings is 1. The lowest BCUT2D eigenvalue weighted by atomic mass is 10.1. The van der Waals surface area contributed by atoms with Gasteiger partial charge < -0.3 is 15.5 Å². The second kappa shape index (κ2) is 10.0. The number of thiophene rings is 1. The molecule has 1 aliphatic heterocycles. The van der Waals surface area contributed by atoms with E-state index < -0.39 is 0 Å². The fourth-order valence-electron chi connectivity index (χ4n) is 3.08. The monoisotopic (exact) mass is 470 g/mol. The molecular formula is C19H27IN4S. The molecule has 1 fully saturated rings. The van der Waals surface area contributed by atoms with Crippen molar-refractivity contribution in [1.29, 1.82) is 0 Å². The number of hydrogen-bond donors (Lipinski definition) is 2. The quantitative estimate of drug-likeness (QED) is 0.396. The van der Waals surface area contributed by atoms with Crippen LogP contribution in [-0.4, -0.2) is 32.6 Å². The third kappa shape index (κ3) is 5.60. The molecule has 2 aromatic rings. The van der Waals surface area contributed by atoms with E-state index in [0.29, 0.717) is 5.92 Å². The van der Waals surface area contributed by atoms with Crippen molar-refractivity contribution in [2.24, 2.45) is 10.9 Å². The van der Waals surface area contributed by atoms with E-state index in [1.54, 1.807) is 11.3 Å². The van der Waals surface area contributed by atoms with Gasteiger partial charge >= 0.3 is 0 Å². The highest BCUT2D eigenvalue weighted by Gasteiger charge is 2.22. The molecule has 2 N–H and O–H groups in total. The van der Waals surface area contributed by atoms with Crippen LogP contribution >= 0.6 is 35.3 Å². The van der Waals surface area contributed by atoms with Gasteiger partial charge in [0.05, 0.1) is 6.54 Å². The van der Waals surface area contributed by atoms with Crippen LogP contribution in [0.4, 0.5) is 5.69 Å². The first kappa shape index (κ1) is 20.0. The SMILES string of the molecule is CN=C(NCc1sccc1C)NCC1CCN(c2ccccc2)C1.I. The zero-order valence-electron chi connectivity index (χ0n) is 14.9. The fourth-order valence-corrected chi connectivity index (χ4v) is 3.93. The first-order valence-corrected chi connectivity index (χ1v) is 9.41. The van der Waals surface area contributed by atoms with Crippen LogP contribution in [0.3, 0.4) is 0 Å². The highest BCUT2D eigenvalue weighted by atomic mass is 127. The summed E-state index contributed by atoms with van der Waals surface area (Å²) in [7, 11) is 1.83. The van der Waals surface area contributed by atoms with Gasteiger partial charge in [-0.05, 0) is 48.4 Å². The van der Waals surface area contributed by atoms with Gasteiger partial charge in [0.1, 0.15) is 0 Å². The van der Waals surface area contributed by atoms with E-state index >= 15 is 0 Å². The number of hydrogen-bond acceptors (Lipinski definition) is 3. The zero-order chi connectivity index (χ0) is 16.8. The minimum atomic E-state index is 0. The number of nitrogens with one attached hydrogen (secondary N) is 2. The van der Waals surface area contributed by atoms with Crippen LogP contribution in [-0.2, 0) is 6.54 Å². The number of anilines is 1. The Morgan fingerprint density at radius 1 is 1.24 bits per heavy atom. The van der Waals surface area contributed by atoms with Gasteiger partial charge in [-0.3, -0.25) is 4.99 Å². The molecule has 0 radical (unpaired) electrons. The lowest BCUT2D eigenvalue weighted by Gasteiger charge is -2.19. The Morgan fingerprint density at radius 3 is 2.72 bits per heavy atom. The van der Waals surface area contributed by atoms with Crippen molar-refractivity contribution in [3.05, 3.63) is 52.2 Å². The van der Waals surface area contributed by atoms with E-state index in [1.165, 1.54) is 22.5 Å². The van der Waals surface area contributed by atoms with Gasteiger partial charge in [0.25, 0.3) is 0 Å². The molecule has 136 valence electrons. The van der Waals surface area contributed by atoms with Gasteiger partial charge in [0.15, 0.2) is 5.96 Å². The van der Waals surface area contributed by atoms with E-state index in [1.807, 2.05) is 7.05 Å². The van der Waals surface area contributed by atoms with E-state index in [2.05, 4.69) is 69.2 Å². The Balaban J connectivity index is 0.00000225. The molecule has 1 atom stereocenters. The van der Waals surface area contributed by atoms with E-state index in [9.17, 15) is 0 Å². The van der Waals surface area contributed by atoms with Crippen LogP contribution in [0.2, 0.25) is 0 Å². The molecule has 1 aromatic heterocycles. The number of rotatable bonds is 5. The first-order valence-electron chi connectivity index (χ1n) is 8.53. The molecule has 4 nitrogen and oxygen atoms in total. The Morgan fingerprint density at radius 2 is 2.04 bits per heavy atom. The topological polar surface area (TPSA) is 39.7 Å². The number of guanidine groups is 1. The molecule has 0 spiro atoms. The zero-order valence-corrected chi connectivity index (χ0v) is 18.0. The molecule has 25 heavy (non-hydrogen) atoms. The minimum absolute atomic E-state index is 0. The average molecular weight is 470 g/mol. The van der Waals surface area contributed by atoms with Crippen LogP contribution < -0.4 is 15.5 Å². The molecule has 2 heterocycles. The van der Waals surface area contributed by atoms with E-state index in [0.717, 1.165) is 32.1 Å². The maximum Gasteiger partial charge on any atom is 0.191 e. The summed E-state index contributed by atoms with van der Waals surface area (Å²) >= 11 is 1.79. The van der Waals surface area contributed by atoms with Gasteiger partial charge in [0, 0.05) is 37.2 Å². The summed E-state index contributed by atoms with van der Waals surface area (Å²) in [5, 5.41) is 9.04. The van der Waals surface area contributed by atoms with E-state index in [-0.39, 0.29) is 24.0 Å². The van der Waals surface area contributed by atoms with Crippen molar-refractivity contribution in [2.45, 2.75) is 19.9 Å². The Kier molecular flexibility index (Phi) is 8.02. The maximum absolute atomic E-state index is 4.34. The van der Waals surface area contributed by atoms with Crippen LogP contribution in [0.1, 0.15) is 16.9 Å². The lowest BCUT2D eigenvalue weighted by molar-refractivity contribution is 0.566. The van der Waals surface area contributed by atoms with Gasteiger partial charge in [-0.25, -0.2) is 0 Å². The van der Waals surface area contributed by atoms with Crippen LogP contribution in [0.5, 0.6) is 0 Å². The smallest absolute Gasteiger partial charge is 0.191 e. The van der Waals surface area contributed by atoms with Gasteiger partial charge in [0.2, 0.25) is 0 Å². The van der Waals surface area contributed by atoms with Gasteiger partial charge in [-0.2, -0.15) is 0 Å². The predicted octanol–water partition coefficient (Wildman–Crippen LogP) is 3.87. The molecule has 0 bridgehead atoms. The Bertz CT molecular complexity index is 671. The Labute approximate surface area is 171 Å². The normalized spacial score (nSPS) is 17.3. The maximum atomic E-state index is 4.34. The fraction of sp³-hybridized carbons (Fsp3) is 0.421. The second-order valence-electron chi connectivity index (χ2n) is 6.27. The molecule has 3 rings (SSSR count). The van der Waals surface area contributed by atoms with Crippen LogP contribution in [0.15, 0.2) is 46.8 Å². The van der Waals surface area contributed by atoms with Crippen molar-refractivity contribution < 1.29 is 0 Å². The third-order valence-electron chi connectivity index (χ3n) is 4.57. The molecule has 1 aliphatic rings. The number of aryl methyl sites for hydroxylation is 1. The van der Waals surface area contributed by atoms with Crippen molar-refractivity contribution in [2.75, 3.05) is 31.6 Å². The van der Waals surface area contributed by atoms with Crippen molar-refractivity contribution in [3.8, 4) is 0 Å². The Hall–Kier alpha value is -1.28. The highest BCUT2D eigenvalue weighted by molar-refractivity contribution is 14.0. The third-order valence-corrected chi connectivity index (χ3v) is 5.60. The van der Waals surface area contributed by atoms with Gasteiger partial charge in [-0.15, -0.1) is 35.3 Å². The standard InChI is InChI=1S/C19H26N4S.HI/c1-15-9-11-24-18(15)13-22-19(20-2)21-12-16-8-10-23(14-16)17-6-4-3-5-7-17;/h3-7,9,11,16H,8,10,12-14H2,1-2H3,(H2,20,21,22);1H. The number of aliphatic imine (C=N–C) groups is 1. The largest absolute Gasteiger partial charge is 0.371 e. The van der Waals surface area contributed by atoms with Crippen molar-refractivity contribution >= 4 is 47.0 Å². The molecular weight excluding hydrogens is 443 g/mol. The summed E-state index contributed by atoms with van der Waals surface area (Å²) < 4.78 is 0. The molecule has 0 saturated carbocycles. The van der Waals surface area contributed by atoms with Crippen molar-refractivity contribution in [1.82, 2.24) is 10.6 Å². The summed E-state index contributed by atoms with van der Waals surface area (Å²) in [6, 6.07) is 12.8. The molecule has 1 unspecified atom stereocenters. The van der Waals surface area contributed by atoms with E-state index in [4.69, 9.17) is 0 Å². The molecule has 1 saturated heterocycles. The summed E-state index contributed by atoms with van der Waals surface area (Å²) in [5.74, 6) is 1.55. The van der Waals surface area contributed by atoms with Gasteiger partial charge in [-0.1, -0.05) is 18.2 Å². The van der Waals surface area contributed by atoms with Crippen LogP contribution in [0, 0.1) is 12.8 Å². The minimum Gasteiger partial charge on any atom is -0.371 e. The molecule has 1 aromatic carbocycles. The molecule has 0 aliphatic carbocycles. The predicted molar refractivity (Wildman–Crippen MR) is 119 cm³/mol. The lowest BCUT2D eigenvalue weighted by Crippen LogP contribution is -2.39. The van der Waals surface area contributed by atoms with Crippen molar-refractivity contribution in [3.63, 3.8) is 0 Å². The summed E-state index contributed by atoms with van der Waals surface area (Å²) in [4.78, 5) is 8.18. The number of para-hydroxylation sites is 1. The number of halogens is 1. The molecule has 0 amide bonds. The summed E-state index contributed by atoms with van der Waals surface area (Å²) in [6.45, 7) is 6.20. The number of nitrogens with zero attached hydrogens (tertiary/aromatic N) is 2. The summed E-state index contributed by atoms with van der Waals surface area (Å²) in [5.41, 5.74) is 2.67. The first-order chi connectivity index (χ1) is 11.8.